The number of nitrogens with zero attached hydrogens (tertiary/aromatic N) is 1. The summed E-state index contributed by atoms with van der Waals surface area (Å²) in [4.78, 5) is 0. The Balaban J connectivity index is 0. The van der Waals surface area contributed by atoms with Gasteiger partial charge in [-0.25, -0.2) is 0 Å². The minimum atomic E-state index is -2.49. The summed E-state index contributed by atoms with van der Waals surface area (Å²) in [5, 5.41) is 0. The van der Waals surface area contributed by atoms with Gasteiger partial charge in [0.1, 0.15) is 0 Å². The number of halogens is 1. The van der Waals surface area contributed by atoms with Crippen LogP contribution in [-0.4, -0.2) is 59.8 Å². The van der Waals surface area contributed by atoms with Crippen molar-refractivity contribution in [2.24, 2.45) is 0 Å². The fraction of sp³-hybridized carbons (Fsp3) is 1.00. The first kappa shape index (κ1) is 36.5. The van der Waals surface area contributed by atoms with Crippen LogP contribution < -0.4 is 12.4 Å². The first-order chi connectivity index (χ1) is 16.0. The molecule has 0 aromatic rings. The van der Waals surface area contributed by atoms with Crippen LogP contribution in [0.4, 0.5) is 0 Å². The molecule has 1 unspecified atom stereocenters. The van der Waals surface area contributed by atoms with Crippen molar-refractivity contribution in [1.82, 2.24) is 0 Å². The highest BCUT2D eigenvalue weighted by atomic mass is 35.5. The van der Waals surface area contributed by atoms with Gasteiger partial charge in [-0.2, -0.15) is 0 Å². The molecule has 0 bridgehead atoms. The highest BCUT2D eigenvalue weighted by Crippen LogP contribution is 2.20. The van der Waals surface area contributed by atoms with Crippen LogP contribution in [0.1, 0.15) is 131 Å². The fourth-order valence-corrected chi connectivity index (χ4v) is 7.39. The molecule has 0 aromatic carbocycles. The summed E-state index contributed by atoms with van der Waals surface area (Å²) in [5.41, 5.74) is 0. The van der Waals surface area contributed by atoms with Crippen LogP contribution in [0.25, 0.3) is 0 Å². The summed E-state index contributed by atoms with van der Waals surface area (Å²) in [6.07, 6.45) is 21.1. The van der Waals surface area contributed by atoms with Crippen LogP contribution in [0.15, 0.2) is 0 Å². The standard InChI is InChI=1S/C28H62NO3Si.ClH/c1-7-12-13-14-15-16-17-18-19-20-21-22-23-24-26-29(6,8-2)27-25-28-33(30-9-3,31-10-4)32-11-5;/h7-28H2,1-6H3;1H/q+1;/p-1. The minimum absolute atomic E-state index is 0. The third-order valence-corrected chi connectivity index (χ3v) is 10.2. The van der Waals surface area contributed by atoms with E-state index in [9.17, 15) is 0 Å². The maximum atomic E-state index is 6.03. The molecule has 0 N–H and O–H groups in total. The maximum Gasteiger partial charge on any atom is 0.501 e. The van der Waals surface area contributed by atoms with Crippen LogP contribution in [0.2, 0.25) is 6.04 Å². The highest BCUT2D eigenvalue weighted by Gasteiger charge is 2.40. The Kier molecular flexibility index (Phi) is 26.9. The SMILES string of the molecule is CCCCCCCCCCCCCCCC[N+](C)(CC)CCC[Si](OCC)(OCC)OCC.[Cl-]. The van der Waals surface area contributed by atoms with E-state index in [1.807, 2.05) is 20.8 Å². The van der Waals surface area contributed by atoms with E-state index in [-0.39, 0.29) is 12.4 Å². The predicted octanol–water partition coefficient (Wildman–Crippen LogP) is 5.38. The molecule has 0 aliphatic rings. The molecule has 34 heavy (non-hydrogen) atoms. The topological polar surface area (TPSA) is 27.7 Å². The van der Waals surface area contributed by atoms with Crippen molar-refractivity contribution in [2.75, 3.05) is 46.5 Å². The van der Waals surface area contributed by atoms with Crippen LogP contribution in [0, 0.1) is 0 Å². The van der Waals surface area contributed by atoms with Crippen LogP contribution in [0.5, 0.6) is 0 Å². The lowest BCUT2D eigenvalue weighted by atomic mass is 10.0. The van der Waals surface area contributed by atoms with Crippen molar-refractivity contribution in [2.45, 2.75) is 137 Å². The van der Waals surface area contributed by atoms with Gasteiger partial charge in [0, 0.05) is 32.3 Å². The lowest BCUT2D eigenvalue weighted by Gasteiger charge is -2.35. The van der Waals surface area contributed by atoms with Gasteiger partial charge < -0.3 is 30.2 Å². The average Bonchev–Trinajstić information content (AvgIpc) is 2.80. The Morgan fingerprint density at radius 1 is 0.500 bits per heavy atom. The third-order valence-electron chi connectivity index (χ3n) is 7.09. The molecule has 0 aliphatic carbocycles. The van der Waals surface area contributed by atoms with Gasteiger partial charge in [0.2, 0.25) is 0 Å². The Bertz CT molecular complexity index is 400. The lowest BCUT2D eigenvalue weighted by Crippen LogP contribution is -3.00. The molecule has 208 valence electrons. The summed E-state index contributed by atoms with van der Waals surface area (Å²) in [6.45, 7) is 16.5. The van der Waals surface area contributed by atoms with E-state index in [2.05, 4.69) is 20.9 Å². The van der Waals surface area contributed by atoms with E-state index in [1.54, 1.807) is 0 Å². The molecule has 0 aliphatic heterocycles. The number of rotatable bonds is 26. The normalized spacial score (nSPS) is 13.6. The zero-order valence-corrected chi connectivity index (χ0v) is 25.9. The summed E-state index contributed by atoms with van der Waals surface area (Å²) in [7, 11) is -0.0674. The quantitative estimate of drug-likeness (QED) is 0.0865. The van der Waals surface area contributed by atoms with E-state index in [0.717, 1.165) is 16.9 Å². The molecule has 0 amide bonds. The van der Waals surface area contributed by atoms with Crippen LogP contribution in [0.3, 0.4) is 0 Å². The second kappa shape index (κ2) is 25.0. The average molecular weight is 524 g/mol. The van der Waals surface area contributed by atoms with Gasteiger partial charge in [-0.3, -0.25) is 0 Å². The number of unbranched alkanes of at least 4 members (excludes halogenated alkanes) is 13. The van der Waals surface area contributed by atoms with E-state index in [0.29, 0.717) is 19.8 Å². The van der Waals surface area contributed by atoms with Gasteiger partial charge in [-0.15, -0.1) is 0 Å². The van der Waals surface area contributed by atoms with E-state index < -0.39 is 8.80 Å². The first-order valence-electron chi connectivity index (χ1n) is 14.8. The van der Waals surface area contributed by atoms with Gasteiger partial charge in [0.15, 0.2) is 0 Å². The van der Waals surface area contributed by atoms with Crippen molar-refractivity contribution in [3.05, 3.63) is 0 Å². The number of hydrogen-bond acceptors (Lipinski definition) is 3. The molecule has 6 heteroatoms. The largest absolute Gasteiger partial charge is 1.00 e. The summed E-state index contributed by atoms with van der Waals surface area (Å²) < 4.78 is 19.3. The van der Waals surface area contributed by atoms with Gasteiger partial charge in [0.05, 0.1) is 26.7 Å². The zero-order chi connectivity index (χ0) is 24.7. The monoisotopic (exact) mass is 523 g/mol. The summed E-state index contributed by atoms with van der Waals surface area (Å²) in [5.74, 6) is 0. The summed E-state index contributed by atoms with van der Waals surface area (Å²) in [6, 6.07) is 0.940. The molecule has 0 radical (unpaired) electrons. The maximum absolute atomic E-state index is 6.03. The van der Waals surface area contributed by atoms with Crippen molar-refractivity contribution in [3.63, 3.8) is 0 Å². The molecule has 0 rings (SSSR count). The Labute approximate surface area is 222 Å². The van der Waals surface area contributed by atoms with Gasteiger partial charge in [-0.05, 0) is 40.5 Å². The fourth-order valence-electron chi connectivity index (χ4n) is 4.79. The molecule has 0 heterocycles. The van der Waals surface area contributed by atoms with Crippen molar-refractivity contribution >= 4 is 8.80 Å². The zero-order valence-electron chi connectivity index (χ0n) is 24.1. The second-order valence-electron chi connectivity index (χ2n) is 10.1. The highest BCUT2D eigenvalue weighted by molar-refractivity contribution is 6.60. The minimum Gasteiger partial charge on any atom is -1.00 e. The molecular weight excluding hydrogens is 462 g/mol. The molecule has 0 spiro atoms. The molecule has 0 saturated heterocycles. The van der Waals surface area contributed by atoms with Gasteiger partial charge in [-0.1, -0.05) is 84.0 Å². The third kappa shape index (κ3) is 19.5. The molecule has 0 saturated carbocycles. The smallest absolute Gasteiger partial charge is 0.501 e. The predicted molar refractivity (Wildman–Crippen MR) is 147 cm³/mol. The number of quaternary nitrogens is 1. The number of hydrogen-bond donors (Lipinski definition) is 0. The Morgan fingerprint density at radius 2 is 0.853 bits per heavy atom. The van der Waals surface area contributed by atoms with E-state index in [1.165, 1.54) is 110 Å². The Morgan fingerprint density at radius 3 is 1.21 bits per heavy atom. The van der Waals surface area contributed by atoms with Crippen molar-refractivity contribution in [1.29, 1.82) is 0 Å². The van der Waals surface area contributed by atoms with E-state index in [4.69, 9.17) is 13.3 Å². The van der Waals surface area contributed by atoms with Crippen molar-refractivity contribution in [3.8, 4) is 0 Å². The van der Waals surface area contributed by atoms with Crippen LogP contribution in [-0.2, 0) is 13.3 Å². The van der Waals surface area contributed by atoms with E-state index >= 15 is 0 Å². The molecule has 4 nitrogen and oxygen atoms in total. The van der Waals surface area contributed by atoms with Crippen molar-refractivity contribution < 1.29 is 30.2 Å². The molecule has 0 fully saturated rings. The molecule has 1 atom stereocenters. The van der Waals surface area contributed by atoms with Gasteiger partial charge in [0.25, 0.3) is 0 Å². The molecule has 0 aromatic heterocycles. The molecular formula is C28H62ClNO3Si. The lowest BCUT2D eigenvalue weighted by molar-refractivity contribution is -0.908. The second-order valence-corrected chi connectivity index (χ2v) is 12.8. The summed E-state index contributed by atoms with van der Waals surface area (Å²) >= 11 is 0. The van der Waals surface area contributed by atoms with Crippen LogP contribution >= 0.6 is 0 Å². The Hall–Kier alpha value is 0.347. The first-order valence-corrected chi connectivity index (χ1v) is 16.7. The van der Waals surface area contributed by atoms with Gasteiger partial charge >= 0.3 is 8.80 Å².